The molecule has 0 amide bonds. The number of carboxylic acid groups (broad SMARTS) is 1. The number of benzene rings is 2. The molecule has 116 valence electrons. The van der Waals surface area contributed by atoms with E-state index in [1.807, 2.05) is 13.0 Å². The standard InChI is InChI=1S/C16H13F3O3/c1-10-3-2-4-13(7-10)22-9-11-5-6-12(16(17,18)19)8-14(11)15(20)21/h2-8H,9H2,1H3,(H,20,21). The Morgan fingerprint density at radius 1 is 1.18 bits per heavy atom. The lowest BCUT2D eigenvalue weighted by molar-refractivity contribution is -0.137. The second kappa shape index (κ2) is 6.09. The Hall–Kier alpha value is -2.50. The summed E-state index contributed by atoms with van der Waals surface area (Å²) in [5, 5.41) is 9.07. The molecule has 3 nitrogen and oxygen atoms in total. The number of alkyl halides is 3. The topological polar surface area (TPSA) is 46.5 Å². The summed E-state index contributed by atoms with van der Waals surface area (Å²) in [7, 11) is 0. The van der Waals surface area contributed by atoms with E-state index in [0.29, 0.717) is 11.8 Å². The molecule has 0 spiro atoms. The first kappa shape index (κ1) is 15.9. The van der Waals surface area contributed by atoms with E-state index in [1.165, 1.54) is 0 Å². The predicted molar refractivity (Wildman–Crippen MR) is 73.9 cm³/mol. The van der Waals surface area contributed by atoms with Gasteiger partial charge in [0.15, 0.2) is 0 Å². The molecular formula is C16H13F3O3. The van der Waals surface area contributed by atoms with Gasteiger partial charge in [0, 0.05) is 5.56 Å². The van der Waals surface area contributed by atoms with Crippen LogP contribution in [0.15, 0.2) is 42.5 Å². The molecule has 0 saturated carbocycles. The zero-order valence-electron chi connectivity index (χ0n) is 11.6. The van der Waals surface area contributed by atoms with Crippen molar-refractivity contribution in [2.24, 2.45) is 0 Å². The zero-order chi connectivity index (χ0) is 16.3. The Kier molecular flexibility index (Phi) is 4.40. The van der Waals surface area contributed by atoms with Gasteiger partial charge in [-0.1, -0.05) is 18.2 Å². The molecule has 0 aromatic heterocycles. The van der Waals surface area contributed by atoms with Gasteiger partial charge in [0.25, 0.3) is 0 Å². The van der Waals surface area contributed by atoms with E-state index in [0.717, 1.165) is 17.7 Å². The van der Waals surface area contributed by atoms with E-state index in [1.54, 1.807) is 18.2 Å². The molecule has 0 unspecified atom stereocenters. The summed E-state index contributed by atoms with van der Waals surface area (Å²) in [6.45, 7) is 1.75. The summed E-state index contributed by atoms with van der Waals surface area (Å²) < 4.78 is 43.3. The normalized spacial score (nSPS) is 11.3. The summed E-state index contributed by atoms with van der Waals surface area (Å²) in [4.78, 5) is 11.1. The molecule has 0 aliphatic carbocycles. The van der Waals surface area contributed by atoms with Crippen LogP contribution < -0.4 is 4.74 Å². The van der Waals surface area contributed by atoms with Crippen molar-refractivity contribution in [1.82, 2.24) is 0 Å². The zero-order valence-corrected chi connectivity index (χ0v) is 11.6. The number of halogens is 3. The highest BCUT2D eigenvalue weighted by molar-refractivity contribution is 5.89. The fourth-order valence-electron chi connectivity index (χ4n) is 1.94. The Morgan fingerprint density at radius 2 is 1.91 bits per heavy atom. The van der Waals surface area contributed by atoms with Crippen LogP contribution in [0.4, 0.5) is 13.2 Å². The van der Waals surface area contributed by atoms with Crippen molar-refractivity contribution < 1.29 is 27.8 Å². The molecule has 0 saturated heterocycles. The van der Waals surface area contributed by atoms with Crippen molar-refractivity contribution in [2.45, 2.75) is 19.7 Å². The first-order chi connectivity index (χ1) is 10.3. The first-order valence-corrected chi connectivity index (χ1v) is 6.40. The number of rotatable bonds is 4. The van der Waals surface area contributed by atoms with Gasteiger partial charge in [-0.15, -0.1) is 0 Å². The van der Waals surface area contributed by atoms with E-state index in [9.17, 15) is 18.0 Å². The number of aromatic carboxylic acids is 1. The lowest BCUT2D eigenvalue weighted by Gasteiger charge is -2.12. The SMILES string of the molecule is Cc1cccc(OCc2ccc(C(F)(F)F)cc2C(=O)O)c1. The molecule has 0 aliphatic rings. The maximum atomic E-state index is 12.6. The summed E-state index contributed by atoms with van der Waals surface area (Å²) in [5.41, 5.74) is -0.267. The second-order valence-electron chi connectivity index (χ2n) is 4.78. The highest BCUT2D eigenvalue weighted by Crippen LogP contribution is 2.31. The molecule has 0 bridgehead atoms. The van der Waals surface area contributed by atoms with Gasteiger partial charge in [-0.2, -0.15) is 13.2 Å². The molecule has 0 radical (unpaired) electrons. The third-order valence-electron chi connectivity index (χ3n) is 3.05. The third-order valence-corrected chi connectivity index (χ3v) is 3.05. The molecule has 0 heterocycles. The van der Waals surface area contributed by atoms with Crippen LogP contribution in [0.2, 0.25) is 0 Å². The fourth-order valence-corrected chi connectivity index (χ4v) is 1.94. The van der Waals surface area contributed by atoms with Gasteiger partial charge < -0.3 is 9.84 Å². The van der Waals surface area contributed by atoms with Gasteiger partial charge in [-0.25, -0.2) is 4.79 Å². The Labute approximate surface area is 125 Å². The largest absolute Gasteiger partial charge is 0.489 e. The van der Waals surface area contributed by atoms with Crippen LogP contribution in [-0.4, -0.2) is 11.1 Å². The van der Waals surface area contributed by atoms with Crippen LogP contribution >= 0.6 is 0 Å². The average molecular weight is 310 g/mol. The van der Waals surface area contributed by atoms with Crippen LogP contribution in [0.1, 0.15) is 27.0 Å². The smallest absolute Gasteiger partial charge is 0.416 e. The quantitative estimate of drug-likeness (QED) is 0.916. The highest BCUT2D eigenvalue weighted by Gasteiger charge is 2.31. The van der Waals surface area contributed by atoms with Crippen LogP contribution in [-0.2, 0) is 12.8 Å². The fraction of sp³-hybridized carbons (Fsp3) is 0.188. The Bertz CT molecular complexity index is 693. The van der Waals surface area contributed by atoms with E-state index < -0.39 is 23.3 Å². The first-order valence-electron chi connectivity index (χ1n) is 6.40. The molecule has 0 fully saturated rings. The van der Waals surface area contributed by atoms with Gasteiger partial charge in [0.2, 0.25) is 0 Å². The third kappa shape index (κ3) is 3.78. The van der Waals surface area contributed by atoms with Gasteiger partial charge in [0.05, 0.1) is 11.1 Å². The average Bonchev–Trinajstić information content (AvgIpc) is 2.44. The Balaban J connectivity index is 2.25. The molecule has 2 aromatic carbocycles. The van der Waals surface area contributed by atoms with E-state index in [4.69, 9.17) is 9.84 Å². The molecule has 0 aliphatic heterocycles. The monoisotopic (exact) mass is 310 g/mol. The summed E-state index contributed by atoms with van der Waals surface area (Å²) >= 11 is 0. The summed E-state index contributed by atoms with van der Waals surface area (Å²) in [6, 6.07) is 9.69. The van der Waals surface area contributed by atoms with Gasteiger partial charge in [-0.3, -0.25) is 0 Å². The molecule has 2 aromatic rings. The lowest BCUT2D eigenvalue weighted by atomic mass is 10.0. The maximum Gasteiger partial charge on any atom is 0.416 e. The predicted octanol–water partition coefficient (Wildman–Crippen LogP) is 4.29. The van der Waals surface area contributed by atoms with E-state index in [2.05, 4.69) is 0 Å². The van der Waals surface area contributed by atoms with Crippen molar-refractivity contribution in [3.05, 3.63) is 64.7 Å². The molecule has 0 atom stereocenters. The molecule has 2 rings (SSSR count). The Morgan fingerprint density at radius 3 is 2.50 bits per heavy atom. The maximum absolute atomic E-state index is 12.6. The molecule has 6 heteroatoms. The van der Waals surface area contributed by atoms with Crippen molar-refractivity contribution in [3.63, 3.8) is 0 Å². The number of hydrogen-bond donors (Lipinski definition) is 1. The van der Waals surface area contributed by atoms with Gasteiger partial charge in [-0.05, 0) is 36.8 Å². The number of carbonyl (C=O) groups is 1. The van der Waals surface area contributed by atoms with E-state index in [-0.39, 0.29) is 12.2 Å². The number of ether oxygens (including phenoxy) is 1. The highest BCUT2D eigenvalue weighted by atomic mass is 19.4. The lowest BCUT2D eigenvalue weighted by Crippen LogP contribution is -2.11. The minimum Gasteiger partial charge on any atom is -0.489 e. The number of carboxylic acids is 1. The molecule has 1 N–H and O–H groups in total. The van der Waals surface area contributed by atoms with Crippen LogP contribution in [0.3, 0.4) is 0 Å². The van der Waals surface area contributed by atoms with Crippen LogP contribution in [0.25, 0.3) is 0 Å². The summed E-state index contributed by atoms with van der Waals surface area (Å²) in [5.74, 6) is -0.898. The van der Waals surface area contributed by atoms with Gasteiger partial charge in [0.1, 0.15) is 12.4 Å². The molecule has 22 heavy (non-hydrogen) atoms. The number of aryl methyl sites for hydroxylation is 1. The van der Waals surface area contributed by atoms with Crippen LogP contribution in [0, 0.1) is 6.92 Å². The minimum atomic E-state index is -4.58. The molecular weight excluding hydrogens is 297 g/mol. The van der Waals surface area contributed by atoms with Crippen LogP contribution in [0.5, 0.6) is 5.75 Å². The van der Waals surface area contributed by atoms with Crippen molar-refractivity contribution in [3.8, 4) is 5.75 Å². The van der Waals surface area contributed by atoms with Gasteiger partial charge >= 0.3 is 12.1 Å². The summed E-state index contributed by atoms with van der Waals surface area (Å²) in [6.07, 6.45) is -4.58. The minimum absolute atomic E-state index is 0.122. The van der Waals surface area contributed by atoms with E-state index >= 15 is 0 Å². The second-order valence-corrected chi connectivity index (χ2v) is 4.78. The van der Waals surface area contributed by atoms with Crippen molar-refractivity contribution in [2.75, 3.05) is 0 Å². The number of hydrogen-bond acceptors (Lipinski definition) is 2. The van der Waals surface area contributed by atoms with Crippen molar-refractivity contribution >= 4 is 5.97 Å². The van der Waals surface area contributed by atoms with Crippen molar-refractivity contribution in [1.29, 1.82) is 0 Å².